The summed E-state index contributed by atoms with van der Waals surface area (Å²) in [5, 5.41) is 0.616. The standard InChI is InChI=1S/C13H20Cl2N2O/c1-10(2)9-17(4-5-18-3)13-6-11(7-14)12(15)8-16-13/h6,8,10H,4-5,7,9H2,1-3H3. The highest BCUT2D eigenvalue weighted by Crippen LogP contribution is 2.22. The number of anilines is 1. The lowest BCUT2D eigenvalue weighted by Crippen LogP contribution is -2.31. The molecule has 0 spiro atoms. The minimum Gasteiger partial charge on any atom is -0.383 e. The van der Waals surface area contributed by atoms with Crippen LogP contribution < -0.4 is 4.90 Å². The van der Waals surface area contributed by atoms with Crippen molar-refractivity contribution in [1.29, 1.82) is 0 Å². The normalized spacial score (nSPS) is 11.0. The van der Waals surface area contributed by atoms with E-state index < -0.39 is 0 Å². The molecule has 1 rings (SSSR count). The molecule has 0 aliphatic heterocycles. The van der Waals surface area contributed by atoms with Gasteiger partial charge in [0.15, 0.2) is 0 Å². The summed E-state index contributed by atoms with van der Waals surface area (Å²) in [4.78, 5) is 6.57. The van der Waals surface area contributed by atoms with E-state index in [9.17, 15) is 0 Å². The van der Waals surface area contributed by atoms with Crippen molar-refractivity contribution in [3.8, 4) is 0 Å². The molecule has 0 aliphatic carbocycles. The van der Waals surface area contributed by atoms with Gasteiger partial charge in [0.1, 0.15) is 5.82 Å². The molecule has 5 heteroatoms. The van der Waals surface area contributed by atoms with E-state index in [1.165, 1.54) is 0 Å². The van der Waals surface area contributed by atoms with E-state index in [2.05, 4.69) is 23.7 Å². The molecule has 0 bridgehead atoms. The van der Waals surface area contributed by atoms with Crippen LogP contribution in [-0.2, 0) is 10.6 Å². The maximum Gasteiger partial charge on any atom is 0.128 e. The van der Waals surface area contributed by atoms with E-state index in [4.69, 9.17) is 27.9 Å². The van der Waals surface area contributed by atoms with Gasteiger partial charge in [0.2, 0.25) is 0 Å². The Balaban J connectivity index is 2.89. The fourth-order valence-electron chi connectivity index (χ4n) is 1.68. The first-order chi connectivity index (χ1) is 8.58. The van der Waals surface area contributed by atoms with Crippen molar-refractivity contribution in [2.45, 2.75) is 19.7 Å². The lowest BCUT2D eigenvalue weighted by atomic mass is 10.2. The second kappa shape index (κ2) is 7.82. The Labute approximate surface area is 119 Å². The van der Waals surface area contributed by atoms with Crippen molar-refractivity contribution < 1.29 is 4.74 Å². The first kappa shape index (κ1) is 15.5. The lowest BCUT2D eigenvalue weighted by molar-refractivity contribution is 0.204. The van der Waals surface area contributed by atoms with Gasteiger partial charge >= 0.3 is 0 Å². The number of nitrogens with zero attached hydrogens (tertiary/aromatic N) is 2. The van der Waals surface area contributed by atoms with Crippen molar-refractivity contribution in [2.75, 3.05) is 31.7 Å². The third-order valence-corrected chi connectivity index (χ3v) is 3.17. The molecule has 0 atom stereocenters. The molecular weight excluding hydrogens is 271 g/mol. The average Bonchev–Trinajstić information content (AvgIpc) is 2.34. The van der Waals surface area contributed by atoms with Crippen LogP contribution in [0, 0.1) is 5.92 Å². The van der Waals surface area contributed by atoms with Crippen LogP contribution in [0.2, 0.25) is 5.02 Å². The summed E-state index contributed by atoms with van der Waals surface area (Å²) in [5.41, 5.74) is 0.912. The predicted molar refractivity (Wildman–Crippen MR) is 77.7 cm³/mol. The molecule has 0 radical (unpaired) electrons. The molecule has 1 aromatic heterocycles. The van der Waals surface area contributed by atoms with Crippen LogP contribution in [0.3, 0.4) is 0 Å². The molecule has 0 saturated carbocycles. The van der Waals surface area contributed by atoms with Gasteiger partial charge in [0.25, 0.3) is 0 Å². The Morgan fingerprint density at radius 2 is 2.17 bits per heavy atom. The minimum absolute atomic E-state index is 0.397. The lowest BCUT2D eigenvalue weighted by Gasteiger charge is -2.25. The molecule has 0 N–H and O–H groups in total. The van der Waals surface area contributed by atoms with Crippen LogP contribution in [-0.4, -0.2) is 31.8 Å². The third-order valence-electron chi connectivity index (χ3n) is 2.54. The van der Waals surface area contributed by atoms with Gasteiger partial charge in [-0.05, 0) is 17.5 Å². The van der Waals surface area contributed by atoms with Gasteiger partial charge in [0.05, 0.1) is 11.6 Å². The summed E-state index contributed by atoms with van der Waals surface area (Å²) in [6.45, 7) is 6.77. The molecule has 3 nitrogen and oxygen atoms in total. The van der Waals surface area contributed by atoms with Crippen molar-refractivity contribution >= 4 is 29.0 Å². The fourth-order valence-corrected chi connectivity index (χ4v) is 2.14. The van der Waals surface area contributed by atoms with Gasteiger partial charge in [-0.15, -0.1) is 11.6 Å². The van der Waals surface area contributed by atoms with Gasteiger partial charge < -0.3 is 9.64 Å². The highest BCUT2D eigenvalue weighted by atomic mass is 35.5. The molecule has 1 heterocycles. The topological polar surface area (TPSA) is 25.4 Å². The number of hydrogen-bond donors (Lipinski definition) is 0. The van der Waals surface area contributed by atoms with E-state index in [1.54, 1.807) is 13.3 Å². The first-order valence-electron chi connectivity index (χ1n) is 6.02. The Morgan fingerprint density at radius 1 is 1.44 bits per heavy atom. The van der Waals surface area contributed by atoms with Crippen LogP contribution >= 0.6 is 23.2 Å². The van der Waals surface area contributed by atoms with E-state index in [0.29, 0.717) is 23.4 Å². The first-order valence-corrected chi connectivity index (χ1v) is 6.94. The zero-order valence-electron chi connectivity index (χ0n) is 11.1. The Morgan fingerprint density at radius 3 is 2.72 bits per heavy atom. The maximum atomic E-state index is 6.02. The summed E-state index contributed by atoms with van der Waals surface area (Å²) < 4.78 is 5.13. The summed E-state index contributed by atoms with van der Waals surface area (Å²) in [6, 6.07) is 1.95. The van der Waals surface area contributed by atoms with Crippen LogP contribution in [0.4, 0.5) is 5.82 Å². The van der Waals surface area contributed by atoms with Crippen LogP contribution in [0.15, 0.2) is 12.3 Å². The second-order valence-electron chi connectivity index (χ2n) is 4.60. The number of hydrogen-bond acceptors (Lipinski definition) is 3. The molecule has 1 aromatic rings. The number of methoxy groups -OCH3 is 1. The zero-order valence-corrected chi connectivity index (χ0v) is 12.6. The third kappa shape index (κ3) is 4.63. The van der Waals surface area contributed by atoms with Crippen LogP contribution in [0.25, 0.3) is 0 Å². The molecule has 0 aliphatic rings. The van der Waals surface area contributed by atoms with Crippen LogP contribution in [0.1, 0.15) is 19.4 Å². The van der Waals surface area contributed by atoms with Gasteiger partial charge in [-0.3, -0.25) is 0 Å². The smallest absolute Gasteiger partial charge is 0.128 e. The Hall–Kier alpha value is -0.510. The molecular formula is C13H20Cl2N2O. The van der Waals surface area contributed by atoms with Gasteiger partial charge in [-0.1, -0.05) is 25.4 Å². The fraction of sp³-hybridized carbons (Fsp3) is 0.615. The van der Waals surface area contributed by atoms with Gasteiger partial charge in [-0.2, -0.15) is 0 Å². The molecule has 0 aromatic carbocycles. The Bertz CT molecular complexity index is 372. The van der Waals surface area contributed by atoms with Crippen molar-refractivity contribution in [2.24, 2.45) is 5.92 Å². The van der Waals surface area contributed by atoms with Crippen molar-refractivity contribution in [3.63, 3.8) is 0 Å². The summed E-state index contributed by atoms with van der Waals surface area (Å²) >= 11 is 11.9. The molecule has 0 saturated heterocycles. The van der Waals surface area contributed by atoms with Gasteiger partial charge in [-0.25, -0.2) is 4.98 Å². The number of halogens is 2. The highest BCUT2D eigenvalue weighted by molar-refractivity contribution is 6.32. The SMILES string of the molecule is COCCN(CC(C)C)c1cc(CCl)c(Cl)cn1. The number of rotatable bonds is 7. The van der Waals surface area contributed by atoms with Crippen LogP contribution in [0.5, 0.6) is 0 Å². The Kier molecular flexibility index (Phi) is 6.76. The summed E-state index contributed by atoms with van der Waals surface area (Å²) in [6.07, 6.45) is 1.66. The summed E-state index contributed by atoms with van der Waals surface area (Å²) in [7, 11) is 1.70. The number of ether oxygens (including phenoxy) is 1. The van der Waals surface area contributed by atoms with E-state index in [0.717, 1.165) is 24.5 Å². The molecule has 0 amide bonds. The van der Waals surface area contributed by atoms with E-state index in [1.807, 2.05) is 6.07 Å². The molecule has 0 unspecified atom stereocenters. The van der Waals surface area contributed by atoms with Crippen molar-refractivity contribution in [3.05, 3.63) is 22.8 Å². The second-order valence-corrected chi connectivity index (χ2v) is 5.27. The average molecular weight is 291 g/mol. The molecule has 102 valence electrons. The highest BCUT2D eigenvalue weighted by Gasteiger charge is 2.11. The zero-order chi connectivity index (χ0) is 13.5. The monoisotopic (exact) mass is 290 g/mol. The van der Waals surface area contributed by atoms with Gasteiger partial charge in [0, 0.05) is 32.3 Å². The number of pyridine rings is 1. The number of alkyl halides is 1. The minimum atomic E-state index is 0.397. The molecule has 18 heavy (non-hydrogen) atoms. The van der Waals surface area contributed by atoms with Crippen molar-refractivity contribution in [1.82, 2.24) is 4.98 Å². The number of aromatic nitrogens is 1. The summed E-state index contributed by atoms with van der Waals surface area (Å²) in [5.74, 6) is 1.85. The molecule has 0 fully saturated rings. The maximum absolute atomic E-state index is 6.02. The van der Waals surface area contributed by atoms with E-state index in [-0.39, 0.29) is 0 Å². The quantitative estimate of drug-likeness (QED) is 0.718. The van der Waals surface area contributed by atoms with E-state index >= 15 is 0 Å². The largest absolute Gasteiger partial charge is 0.383 e. The predicted octanol–water partition coefficient (Wildman–Crippen LogP) is 3.58.